The maximum absolute atomic E-state index is 12.9. The Kier molecular flexibility index (Phi) is 8.24. The van der Waals surface area contributed by atoms with E-state index < -0.39 is 0 Å². The molecule has 0 bridgehead atoms. The first kappa shape index (κ1) is 26.2. The lowest BCUT2D eigenvalue weighted by atomic mass is 9.88. The molecule has 0 radical (unpaired) electrons. The van der Waals surface area contributed by atoms with E-state index in [4.69, 9.17) is 0 Å². The number of hydrogen-bond acceptors (Lipinski definition) is 2. The SMILES string of the molecule is CCC(NC(=O)c1ccc(CC2CCN(C(C)c3ccc4ccccc4c3)CC2)cc1)c1ccc(C)cc1. The van der Waals surface area contributed by atoms with Crippen LogP contribution in [-0.2, 0) is 6.42 Å². The Labute approximate surface area is 227 Å². The number of hydrogen-bond donors (Lipinski definition) is 1. The number of benzene rings is 4. The fourth-order valence-corrected chi connectivity index (χ4v) is 5.81. The molecule has 1 aliphatic rings. The van der Waals surface area contributed by atoms with Crippen LogP contribution in [0.4, 0.5) is 0 Å². The highest BCUT2D eigenvalue weighted by molar-refractivity contribution is 5.94. The van der Waals surface area contributed by atoms with Gasteiger partial charge in [0.15, 0.2) is 0 Å². The van der Waals surface area contributed by atoms with Crippen molar-refractivity contribution in [3.05, 3.63) is 119 Å². The van der Waals surface area contributed by atoms with E-state index in [1.807, 2.05) is 12.1 Å². The van der Waals surface area contributed by atoms with E-state index in [9.17, 15) is 4.79 Å². The second-order valence-electron chi connectivity index (χ2n) is 11.0. The summed E-state index contributed by atoms with van der Waals surface area (Å²) in [4.78, 5) is 15.6. The van der Waals surface area contributed by atoms with Gasteiger partial charge in [-0.2, -0.15) is 0 Å². The number of aryl methyl sites for hydroxylation is 1. The zero-order chi connectivity index (χ0) is 26.5. The van der Waals surface area contributed by atoms with E-state index in [1.54, 1.807) is 0 Å². The smallest absolute Gasteiger partial charge is 0.251 e. The van der Waals surface area contributed by atoms with Crippen LogP contribution in [0.25, 0.3) is 10.8 Å². The third kappa shape index (κ3) is 6.16. The monoisotopic (exact) mass is 504 g/mol. The van der Waals surface area contributed by atoms with Crippen LogP contribution < -0.4 is 5.32 Å². The minimum absolute atomic E-state index is 0.0000358. The average Bonchev–Trinajstić information content (AvgIpc) is 2.96. The molecule has 0 spiro atoms. The summed E-state index contributed by atoms with van der Waals surface area (Å²) >= 11 is 0. The van der Waals surface area contributed by atoms with Crippen molar-refractivity contribution in [3.8, 4) is 0 Å². The van der Waals surface area contributed by atoms with E-state index in [1.165, 1.54) is 40.3 Å². The van der Waals surface area contributed by atoms with Gasteiger partial charge >= 0.3 is 0 Å². The van der Waals surface area contributed by atoms with Crippen molar-refractivity contribution >= 4 is 16.7 Å². The van der Waals surface area contributed by atoms with Gasteiger partial charge in [0.25, 0.3) is 5.91 Å². The van der Waals surface area contributed by atoms with Crippen LogP contribution in [0, 0.1) is 12.8 Å². The highest BCUT2D eigenvalue weighted by atomic mass is 16.1. The van der Waals surface area contributed by atoms with E-state index in [2.05, 4.69) is 110 Å². The van der Waals surface area contributed by atoms with Crippen molar-refractivity contribution in [3.63, 3.8) is 0 Å². The van der Waals surface area contributed by atoms with Gasteiger partial charge in [0.2, 0.25) is 0 Å². The molecule has 0 aromatic heterocycles. The Morgan fingerprint density at radius 2 is 1.53 bits per heavy atom. The van der Waals surface area contributed by atoms with Gasteiger partial charge in [-0.05, 0) is 104 Å². The minimum Gasteiger partial charge on any atom is -0.345 e. The van der Waals surface area contributed by atoms with E-state index in [-0.39, 0.29) is 11.9 Å². The number of piperidine rings is 1. The van der Waals surface area contributed by atoms with Crippen LogP contribution in [0.1, 0.15) is 77.8 Å². The molecule has 3 nitrogen and oxygen atoms in total. The number of likely N-dealkylation sites (tertiary alicyclic amines) is 1. The molecule has 2 atom stereocenters. The largest absolute Gasteiger partial charge is 0.345 e. The van der Waals surface area contributed by atoms with Crippen molar-refractivity contribution in [2.24, 2.45) is 5.92 Å². The van der Waals surface area contributed by atoms with Gasteiger partial charge in [0.05, 0.1) is 6.04 Å². The Morgan fingerprint density at radius 3 is 2.21 bits per heavy atom. The number of nitrogens with zero attached hydrogens (tertiary/aromatic N) is 1. The van der Waals surface area contributed by atoms with Crippen molar-refractivity contribution in [1.29, 1.82) is 0 Å². The summed E-state index contributed by atoms with van der Waals surface area (Å²) in [5.74, 6) is 0.695. The van der Waals surface area contributed by atoms with E-state index in [0.717, 1.165) is 37.1 Å². The molecule has 1 amide bonds. The molecule has 1 saturated heterocycles. The molecule has 0 saturated carbocycles. The summed E-state index contributed by atoms with van der Waals surface area (Å²) in [6.07, 6.45) is 4.38. The number of fused-ring (bicyclic) bond motifs is 1. The quantitative estimate of drug-likeness (QED) is 0.263. The van der Waals surface area contributed by atoms with E-state index in [0.29, 0.717) is 12.0 Å². The summed E-state index contributed by atoms with van der Waals surface area (Å²) in [5, 5.41) is 5.84. The minimum atomic E-state index is -0.0000358. The first-order chi connectivity index (χ1) is 18.5. The zero-order valence-electron chi connectivity index (χ0n) is 23.0. The third-order valence-electron chi connectivity index (χ3n) is 8.39. The summed E-state index contributed by atoms with van der Waals surface area (Å²) < 4.78 is 0. The molecule has 1 heterocycles. The van der Waals surface area contributed by atoms with E-state index >= 15 is 0 Å². The first-order valence-corrected chi connectivity index (χ1v) is 14.2. The van der Waals surface area contributed by atoms with Gasteiger partial charge in [-0.3, -0.25) is 9.69 Å². The molecule has 0 aliphatic carbocycles. The molecule has 5 rings (SSSR count). The average molecular weight is 505 g/mol. The van der Waals surface area contributed by atoms with Gasteiger partial charge in [-0.15, -0.1) is 0 Å². The van der Waals surface area contributed by atoms with Gasteiger partial charge in [0.1, 0.15) is 0 Å². The van der Waals surface area contributed by atoms with Gasteiger partial charge < -0.3 is 5.32 Å². The van der Waals surface area contributed by atoms with Crippen LogP contribution in [0.15, 0.2) is 91.0 Å². The maximum atomic E-state index is 12.9. The lowest BCUT2D eigenvalue weighted by molar-refractivity contribution is 0.0935. The fourth-order valence-electron chi connectivity index (χ4n) is 5.81. The lowest BCUT2D eigenvalue weighted by Gasteiger charge is -2.36. The Hall–Kier alpha value is -3.43. The zero-order valence-corrected chi connectivity index (χ0v) is 23.0. The molecule has 38 heavy (non-hydrogen) atoms. The van der Waals surface area contributed by atoms with Crippen LogP contribution in [0.2, 0.25) is 0 Å². The number of carbonyl (C=O) groups excluding carboxylic acids is 1. The van der Waals surface area contributed by atoms with Gasteiger partial charge in [-0.25, -0.2) is 0 Å². The summed E-state index contributed by atoms with van der Waals surface area (Å²) in [7, 11) is 0. The first-order valence-electron chi connectivity index (χ1n) is 14.2. The second-order valence-corrected chi connectivity index (χ2v) is 11.0. The number of carbonyl (C=O) groups is 1. The molecule has 4 aromatic carbocycles. The van der Waals surface area contributed by atoms with Gasteiger partial charge in [-0.1, -0.05) is 85.3 Å². The Morgan fingerprint density at radius 1 is 0.868 bits per heavy atom. The number of amides is 1. The lowest BCUT2D eigenvalue weighted by Crippen LogP contribution is -2.36. The maximum Gasteiger partial charge on any atom is 0.251 e. The van der Waals surface area contributed by atoms with Crippen LogP contribution in [-0.4, -0.2) is 23.9 Å². The number of rotatable bonds is 8. The fraction of sp³-hybridized carbons (Fsp3) is 0.343. The van der Waals surface area contributed by atoms with Crippen molar-refractivity contribution < 1.29 is 4.79 Å². The van der Waals surface area contributed by atoms with Crippen LogP contribution in [0.3, 0.4) is 0 Å². The molecular weight excluding hydrogens is 464 g/mol. The summed E-state index contributed by atoms with van der Waals surface area (Å²) in [5.41, 5.74) is 5.86. The third-order valence-corrected chi connectivity index (χ3v) is 8.39. The molecule has 196 valence electrons. The molecule has 1 N–H and O–H groups in total. The molecule has 4 aromatic rings. The molecule has 1 aliphatic heterocycles. The molecular formula is C35H40N2O. The Bertz CT molecular complexity index is 1350. The normalized spacial score (nSPS) is 16.3. The number of nitrogens with one attached hydrogen (secondary N) is 1. The topological polar surface area (TPSA) is 32.3 Å². The predicted octanol–water partition coefficient (Wildman–Crippen LogP) is 8.05. The van der Waals surface area contributed by atoms with Crippen molar-refractivity contribution in [2.75, 3.05) is 13.1 Å². The van der Waals surface area contributed by atoms with Crippen molar-refractivity contribution in [1.82, 2.24) is 10.2 Å². The molecule has 1 fully saturated rings. The predicted molar refractivity (Wildman–Crippen MR) is 158 cm³/mol. The summed E-state index contributed by atoms with van der Waals surface area (Å²) in [6, 6.07) is 32.7. The highest BCUT2D eigenvalue weighted by Crippen LogP contribution is 2.30. The summed E-state index contributed by atoms with van der Waals surface area (Å²) in [6.45, 7) is 8.81. The second kappa shape index (κ2) is 12.0. The van der Waals surface area contributed by atoms with Crippen LogP contribution in [0.5, 0.6) is 0 Å². The van der Waals surface area contributed by atoms with Crippen molar-refractivity contribution in [2.45, 2.75) is 58.5 Å². The standard InChI is InChI=1S/C35H40N2O/c1-4-34(30-13-9-25(2)10-14-30)36-35(38)31-15-11-27(12-16-31)23-28-19-21-37(22-20-28)26(3)32-18-17-29-7-5-6-8-33(29)24-32/h5-18,24,26,28,34H,4,19-23H2,1-3H3,(H,36,38). The van der Waals surface area contributed by atoms with Crippen LogP contribution >= 0.6 is 0 Å². The molecule has 2 unspecified atom stereocenters. The molecule has 3 heteroatoms. The highest BCUT2D eigenvalue weighted by Gasteiger charge is 2.24. The van der Waals surface area contributed by atoms with Gasteiger partial charge in [0, 0.05) is 11.6 Å². The Balaban J connectivity index is 1.13.